The molecule has 4 rings (SSSR count). The summed E-state index contributed by atoms with van der Waals surface area (Å²) in [5.74, 6) is 0.818. The second-order valence-electron chi connectivity index (χ2n) is 6.75. The summed E-state index contributed by atoms with van der Waals surface area (Å²) in [6.45, 7) is 2.62. The van der Waals surface area contributed by atoms with Crippen molar-refractivity contribution >= 4 is 32.7 Å². The highest BCUT2D eigenvalue weighted by Crippen LogP contribution is 2.25. The summed E-state index contributed by atoms with van der Waals surface area (Å²) in [5.41, 5.74) is 1.53. The Kier molecular flexibility index (Phi) is 5.13. The number of halogens is 1. The molecule has 136 valence electrons. The van der Waals surface area contributed by atoms with E-state index in [4.69, 9.17) is 4.42 Å². The van der Waals surface area contributed by atoms with Gasteiger partial charge in [-0.25, -0.2) is 0 Å². The van der Waals surface area contributed by atoms with Crippen LogP contribution in [-0.4, -0.2) is 35.4 Å². The Labute approximate surface area is 160 Å². The van der Waals surface area contributed by atoms with Gasteiger partial charge in [-0.2, -0.15) is 0 Å². The molecule has 1 aromatic carbocycles. The van der Waals surface area contributed by atoms with Gasteiger partial charge >= 0.3 is 0 Å². The highest BCUT2D eigenvalue weighted by Gasteiger charge is 2.25. The number of hydrogen-bond acceptors (Lipinski definition) is 3. The molecule has 0 aliphatic carbocycles. The zero-order valence-corrected chi connectivity index (χ0v) is 16.1. The summed E-state index contributed by atoms with van der Waals surface area (Å²) < 4.78 is 6.64. The van der Waals surface area contributed by atoms with Gasteiger partial charge in [-0.3, -0.25) is 9.69 Å². The van der Waals surface area contributed by atoms with Crippen molar-refractivity contribution in [1.29, 1.82) is 0 Å². The second kappa shape index (κ2) is 7.68. The molecule has 3 heterocycles. The Morgan fingerprint density at radius 3 is 2.85 bits per heavy atom. The van der Waals surface area contributed by atoms with E-state index in [1.54, 1.807) is 6.26 Å². The zero-order valence-electron chi connectivity index (χ0n) is 14.5. The van der Waals surface area contributed by atoms with Gasteiger partial charge in [0.05, 0.1) is 12.3 Å². The number of aromatic amines is 1. The number of likely N-dealkylation sites (tertiary alicyclic amines) is 1. The van der Waals surface area contributed by atoms with E-state index in [2.05, 4.69) is 31.1 Å². The van der Waals surface area contributed by atoms with Crippen LogP contribution in [0.3, 0.4) is 0 Å². The summed E-state index contributed by atoms with van der Waals surface area (Å²) in [5, 5.41) is 4.09. The molecule has 3 aromatic rings. The minimum Gasteiger partial charge on any atom is -0.468 e. The van der Waals surface area contributed by atoms with Crippen molar-refractivity contribution in [1.82, 2.24) is 15.2 Å². The predicted molar refractivity (Wildman–Crippen MR) is 105 cm³/mol. The summed E-state index contributed by atoms with van der Waals surface area (Å²) in [7, 11) is 0. The third-order valence-electron chi connectivity index (χ3n) is 4.99. The standard InChI is InChI=1S/C20H22BrN3O2/c21-15-6-7-16-14(11-15)12-17(23-16)20(25)22-13-18(19-5-4-10-26-19)24-8-2-1-3-9-24/h4-7,10-12,18,23H,1-3,8-9,13H2,(H,22,25)/t18-/m1/s1. The fourth-order valence-corrected chi connectivity index (χ4v) is 4.01. The highest BCUT2D eigenvalue weighted by atomic mass is 79.9. The zero-order chi connectivity index (χ0) is 17.9. The van der Waals surface area contributed by atoms with Crippen molar-refractivity contribution in [2.45, 2.75) is 25.3 Å². The number of hydrogen-bond donors (Lipinski definition) is 2. The van der Waals surface area contributed by atoms with Gasteiger partial charge in [0, 0.05) is 21.9 Å². The molecule has 6 heteroatoms. The van der Waals surface area contributed by atoms with Crippen molar-refractivity contribution in [2.75, 3.05) is 19.6 Å². The quantitative estimate of drug-likeness (QED) is 0.645. The number of furan rings is 1. The number of benzene rings is 1. The van der Waals surface area contributed by atoms with Gasteiger partial charge in [-0.15, -0.1) is 0 Å². The Morgan fingerprint density at radius 1 is 1.23 bits per heavy atom. The second-order valence-corrected chi connectivity index (χ2v) is 7.67. The molecule has 0 unspecified atom stereocenters. The van der Waals surface area contributed by atoms with Gasteiger partial charge in [0.15, 0.2) is 0 Å². The molecule has 0 radical (unpaired) electrons. The molecule has 1 atom stereocenters. The fourth-order valence-electron chi connectivity index (χ4n) is 3.63. The summed E-state index contributed by atoms with van der Waals surface area (Å²) in [4.78, 5) is 18.3. The lowest BCUT2D eigenvalue weighted by Crippen LogP contribution is -2.40. The van der Waals surface area contributed by atoms with E-state index in [1.807, 2.05) is 36.4 Å². The third-order valence-corrected chi connectivity index (χ3v) is 5.48. The third kappa shape index (κ3) is 3.71. The Balaban J connectivity index is 1.48. The number of H-pyrrole nitrogens is 1. The number of rotatable bonds is 5. The minimum atomic E-state index is -0.0918. The lowest BCUT2D eigenvalue weighted by atomic mass is 10.1. The van der Waals surface area contributed by atoms with Gasteiger partial charge in [0.25, 0.3) is 5.91 Å². The van der Waals surface area contributed by atoms with Gasteiger partial charge in [-0.05, 0) is 62.3 Å². The average molecular weight is 416 g/mol. The van der Waals surface area contributed by atoms with E-state index in [9.17, 15) is 4.79 Å². The molecular formula is C20H22BrN3O2. The Morgan fingerprint density at radius 2 is 2.08 bits per heavy atom. The van der Waals surface area contributed by atoms with E-state index in [-0.39, 0.29) is 11.9 Å². The van der Waals surface area contributed by atoms with Crippen LogP contribution in [0.1, 0.15) is 41.6 Å². The first kappa shape index (κ1) is 17.4. The van der Waals surface area contributed by atoms with Crippen LogP contribution < -0.4 is 5.32 Å². The van der Waals surface area contributed by atoms with Crippen molar-refractivity contribution in [3.63, 3.8) is 0 Å². The lowest BCUT2D eigenvalue weighted by Gasteiger charge is -2.33. The predicted octanol–water partition coefficient (Wildman–Crippen LogP) is 4.48. The highest BCUT2D eigenvalue weighted by molar-refractivity contribution is 9.10. The maximum atomic E-state index is 12.7. The van der Waals surface area contributed by atoms with Crippen molar-refractivity contribution < 1.29 is 9.21 Å². The van der Waals surface area contributed by atoms with Gasteiger partial charge < -0.3 is 14.7 Å². The van der Waals surface area contributed by atoms with E-state index in [0.717, 1.165) is 34.2 Å². The minimum absolute atomic E-state index is 0.0766. The van der Waals surface area contributed by atoms with Crippen LogP contribution in [0.5, 0.6) is 0 Å². The van der Waals surface area contributed by atoms with Crippen LogP contribution in [0.15, 0.2) is 51.6 Å². The smallest absolute Gasteiger partial charge is 0.267 e. The molecule has 2 aromatic heterocycles. The molecule has 5 nitrogen and oxygen atoms in total. The van der Waals surface area contributed by atoms with Gasteiger partial charge in [-0.1, -0.05) is 22.4 Å². The molecule has 1 fully saturated rings. The number of fused-ring (bicyclic) bond motifs is 1. The monoisotopic (exact) mass is 415 g/mol. The molecule has 1 amide bonds. The van der Waals surface area contributed by atoms with Gasteiger partial charge in [0.2, 0.25) is 0 Å². The molecule has 2 N–H and O–H groups in total. The SMILES string of the molecule is O=C(NC[C@H](c1ccco1)N1CCCCC1)c1cc2cc(Br)ccc2[nH]1. The van der Waals surface area contributed by atoms with Crippen LogP contribution in [0.2, 0.25) is 0 Å². The Bertz CT molecular complexity index is 882. The van der Waals surface area contributed by atoms with E-state index in [1.165, 1.54) is 19.3 Å². The first-order valence-corrected chi connectivity index (χ1v) is 9.84. The van der Waals surface area contributed by atoms with Crippen LogP contribution in [0.4, 0.5) is 0 Å². The van der Waals surface area contributed by atoms with Crippen LogP contribution in [-0.2, 0) is 0 Å². The van der Waals surface area contributed by atoms with E-state index in [0.29, 0.717) is 12.2 Å². The molecule has 0 saturated carbocycles. The topological polar surface area (TPSA) is 61.3 Å². The number of carbonyl (C=O) groups is 1. The number of aromatic nitrogens is 1. The van der Waals surface area contributed by atoms with Gasteiger partial charge in [0.1, 0.15) is 11.5 Å². The molecular weight excluding hydrogens is 394 g/mol. The summed E-state index contributed by atoms with van der Waals surface area (Å²) >= 11 is 3.46. The summed E-state index contributed by atoms with van der Waals surface area (Å²) in [6, 6.07) is 11.8. The normalized spacial score (nSPS) is 16.7. The van der Waals surface area contributed by atoms with Crippen molar-refractivity contribution in [3.8, 4) is 0 Å². The Hall–Kier alpha value is -2.05. The van der Waals surface area contributed by atoms with Crippen LogP contribution >= 0.6 is 15.9 Å². The molecule has 0 spiro atoms. The molecule has 26 heavy (non-hydrogen) atoms. The van der Waals surface area contributed by atoms with Crippen molar-refractivity contribution in [2.24, 2.45) is 0 Å². The number of nitrogens with zero attached hydrogens (tertiary/aromatic N) is 1. The number of nitrogens with one attached hydrogen (secondary N) is 2. The first-order valence-electron chi connectivity index (χ1n) is 9.04. The molecule has 0 bridgehead atoms. The van der Waals surface area contributed by atoms with E-state index >= 15 is 0 Å². The first-order chi connectivity index (χ1) is 12.7. The molecule has 1 aliphatic heterocycles. The lowest BCUT2D eigenvalue weighted by molar-refractivity contribution is 0.0910. The number of piperidine rings is 1. The fraction of sp³-hybridized carbons (Fsp3) is 0.350. The average Bonchev–Trinajstić information content (AvgIpc) is 3.32. The van der Waals surface area contributed by atoms with E-state index < -0.39 is 0 Å². The van der Waals surface area contributed by atoms with Crippen molar-refractivity contribution in [3.05, 3.63) is 58.6 Å². The van der Waals surface area contributed by atoms with Crippen LogP contribution in [0.25, 0.3) is 10.9 Å². The number of amides is 1. The maximum Gasteiger partial charge on any atom is 0.267 e. The number of carbonyl (C=O) groups excluding carboxylic acids is 1. The maximum absolute atomic E-state index is 12.7. The molecule has 1 saturated heterocycles. The largest absolute Gasteiger partial charge is 0.468 e. The van der Waals surface area contributed by atoms with Crippen LogP contribution in [0, 0.1) is 0 Å². The molecule has 1 aliphatic rings. The summed E-state index contributed by atoms with van der Waals surface area (Å²) in [6.07, 6.45) is 5.37.